The van der Waals surface area contributed by atoms with E-state index >= 15 is 0 Å². The molecule has 2 atom stereocenters. The number of carbonyl (C=O) groups excluding carboxylic acids is 1. The summed E-state index contributed by atoms with van der Waals surface area (Å²) in [6.07, 6.45) is -1.17. The predicted molar refractivity (Wildman–Crippen MR) is 82.3 cm³/mol. The number of aromatic nitrogens is 1. The van der Waals surface area contributed by atoms with Gasteiger partial charge in [0.1, 0.15) is 0 Å². The number of benzene rings is 1. The molecule has 22 heavy (non-hydrogen) atoms. The van der Waals surface area contributed by atoms with E-state index < -0.39 is 17.7 Å². The van der Waals surface area contributed by atoms with Crippen molar-refractivity contribution < 1.29 is 18.3 Å². The summed E-state index contributed by atoms with van der Waals surface area (Å²) in [5.41, 5.74) is -2.00. The summed E-state index contributed by atoms with van der Waals surface area (Å²) in [4.78, 5) is 16.7. The van der Waals surface area contributed by atoms with Crippen molar-refractivity contribution in [3.05, 3.63) is 34.9 Å². The maximum Gasteiger partial charge on any atom is 0.275 e. The highest BCUT2D eigenvalue weighted by atomic mass is 79.9. The predicted octanol–water partition coefficient (Wildman–Crippen LogP) is 3.56. The summed E-state index contributed by atoms with van der Waals surface area (Å²) < 4.78 is 32.0. The molecule has 3 rings (SSSR count). The maximum absolute atomic E-state index is 13.1. The van der Waals surface area contributed by atoms with Crippen molar-refractivity contribution in [1.82, 2.24) is 4.98 Å². The first-order valence-corrected chi connectivity index (χ1v) is 7.56. The van der Waals surface area contributed by atoms with E-state index in [0.29, 0.717) is 5.69 Å². The zero-order valence-corrected chi connectivity index (χ0v) is 13.4. The van der Waals surface area contributed by atoms with Crippen molar-refractivity contribution in [3.63, 3.8) is 0 Å². The first-order chi connectivity index (χ1) is 10.4. The average molecular weight is 392 g/mol. The quantitative estimate of drug-likeness (QED) is 0.456. The molecule has 116 valence electrons. The van der Waals surface area contributed by atoms with E-state index in [4.69, 9.17) is 16.3 Å². The Morgan fingerprint density at radius 1 is 1.50 bits per heavy atom. The van der Waals surface area contributed by atoms with Crippen LogP contribution in [0.1, 0.15) is 0 Å². The highest BCUT2D eigenvalue weighted by Gasteiger charge is 2.51. The Bertz CT molecular complexity index is 733. The van der Waals surface area contributed by atoms with Gasteiger partial charge in [-0.3, -0.25) is 9.78 Å². The molecule has 0 bridgehead atoms. The minimum Gasteiger partial charge on any atom is -0.330 e. The minimum atomic E-state index is -2.95. The second-order valence-corrected chi connectivity index (χ2v) is 6.23. The Morgan fingerprint density at radius 2 is 2.27 bits per heavy atom. The highest BCUT2D eigenvalue weighted by Crippen LogP contribution is 2.36. The Kier molecular flexibility index (Phi) is 4.05. The van der Waals surface area contributed by atoms with Crippen LogP contribution in [0.15, 0.2) is 34.9 Å². The molecule has 0 saturated carbocycles. The fourth-order valence-corrected chi connectivity index (χ4v) is 3.03. The number of halogens is 4. The molecule has 1 fully saturated rings. The molecule has 1 aliphatic rings. The molecule has 0 spiro atoms. The van der Waals surface area contributed by atoms with Gasteiger partial charge in [-0.05, 0) is 40.2 Å². The van der Waals surface area contributed by atoms with Crippen LogP contribution in [0.3, 0.4) is 0 Å². The Balaban J connectivity index is 1.99. The standard InChI is InChI=1S/C14H10BrClF2N2O2/c15-9-3-8-4-10(1-2-11(8)19-5-9)20-6-14(7-21,12(17)18)22-13(20)16/h1-5,7,12-13H,6H2. The Morgan fingerprint density at radius 3 is 2.91 bits per heavy atom. The van der Waals surface area contributed by atoms with Crippen LogP contribution >= 0.6 is 27.5 Å². The number of hydrogen-bond donors (Lipinski definition) is 0. The molecule has 0 radical (unpaired) electrons. The number of rotatable bonds is 3. The monoisotopic (exact) mass is 390 g/mol. The lowest BCUT2D eigenvalue weighted by Gasteiger charge is -2.21. The van der Waals surface area contributed by atoms with Gasteiger partial charge >= 0.3 is 0 Å². The molecule has 2 heterocycles. The summed E-state index contributed by atoms with van der Waals surface area (Å²) in [6, 6.07) is 7.07. The second kappa shape index (κ2) is 5.72. The number of hydrogen-bond acceptors (Lipinski definition) is 4. The number of carbonyl (C=O) groups is 1. The van der Waals surface area contributed by atoms with Crippen LogP contribution in [0.5, 0.6) is 0 Å². The van der Waals surface area contributed by atoms with E-state index in [-0.39, 0.29) is 12.8 Å². The molecule has 8 heteroatoms. The Hall–Kier alpha value is -1.31. The molecular formula is C14H10BrClF2N2O2. The van der Waals surface area contributed by atoms with Gasteiger partial charge in [0.15, 0.2) is 6.29 Å². The summed E-state index contributed by atoms with van der Waals surface area (Å²) in [5.74, 6) is 0. The average Bonchev–Trinajstić information content (AvgIpc) is 2.85. The molecule has 4 nitrogen and oxygen atoms in total. The number of ether oxygens (including phenoxy) is 1. The van der Waals surface area contributed by atoms with E-state index in [2.05, 4.69) is 20.9 Å². The van der Waals surface area contributed by atoms with Crippen molar-refractivity contribution >= 4 is 50.4 Å². The lowest BCUT2D eigenvalue weighted by molar-refractivity contribution is -0.145. The van der Waals surface area contributed by atoms with E-state index in [1.165, 1.54) is 4.90 Å². The first-order valence-electron chi connectivity index (χ1n) is 6.33. The number of pyridine rings is 1. The van der Waals surface area contributed by atoms with E-state index in [0.717, 1.165) is 15.4 Å². The maximum atomic E-state index is 13.1. The molecule has 0 N–H and O–H groups in total. The molecule has 1 saturated heterocycles. The number of fused-ring (bicyclic) bond motifs is 1. The molecule has 1 aromatic carbocycles. The lowest BCUT2D eigenvalue weighted by Crippen LogP contribution is -2.43. The van der Waals surface area contributed by atoms with Crippen LogP contribution in [0.2, 0.25) is 0 Å². The molecule has 2 unspecified atom stereocenters. The normalized spacial score (nSPS) is 25.1. The molecule has 2 aromatic rings. The van der Waals surface area contributed by atoms with Crippen molar-refractivity contribution in [3.8, 4) is 0 Å². The third kappa shape index (κ3) is 2.57. The number of anilines is 1. The van der Waals surface area contributed by atoms with Crippen molar-refractivity contribution in [2.45, 2.75) is 17.7 Å². The fraction of sp³-hybridized carbons (Fsp3) is 0.286. The summed E-state index contributed by atoms with van der Waals surface area (Å²) in [7, 11) is 0. The minimum absolute atomic E-state index is 0.117. The van der Waals surface area contributed by atoms with Crippen molar-refractivity contribution in [2.24, 2.45) is 0 Å². The SMILES string of the molecule is O=CC1(C(F)F)CN(c2ccc3ncc(Br)cc3c2)C(Cl)O1. The van der Waals surface area contributed by atoms with Crippen molar-refractivity contribution in [1.29, 1.82) is 0 Å². The first kappa shape index (κ1) is 15.6. The van der Waals surface area contributed by atoms with Crippen LogP contribution in [0, 0.1) is 0 Å². The number of nitrogens with zero attached hydrogens (tertiary/aromatic N) is 2. The highest BCUT2D eigenvalue weighted by molar-refractivity contribution is 9.10. The third-order valence-electron chi connectivity index (χ3n) is 3.51. The lowest BCUT2D eigenvalue weighted by atomic mass is 10.1. The van der Waals surface area contributed by atoms with Gasteiger partial charge < -0.3 is 9.64 Å². The van der Waals surface area contributed by atoms with Crippen LogP contribution < -0.4 is 4.90 Å². The molecule has 0 amide bonds. The van der Waals surface area contributed by atoms with E-state index in [1.54, 1.807) is 24.4 Å². The van der Waals surface area contributed by atoms with Gasteiger partial charge in [0.25, 0.3) is 6.43 Å². The molecular weight excluding hydrogens is 382 g/mol. The zero-order valence-electron chi connectivity index (χ0n) is 11.0. The third-order valence-corrected chi connectivity index (χ3v) is 4.27. The van der Waals surface area contributed by atoms with Gasteiger partial charge in [-0.2, -0.15) is 0 Å². The van der Waals surface area contributed by atoms with Crippen LogP contribution in [-0.2, 0) is 9.53 Å². The molecule has 0 aliphatic carbocycles. The van der Waals surface area contributed by atoms with Gasteiger partial charge in [-0.15, -0.1) is 0 Å². The summed E-state index contributed by atoms with van der Waals surface area (Å²) in [6.45, 7) is -0.310. The zero-order chi connectivity index (χ0) is 15.9. The summed E-state index contributed by atoms with van der Waals surface area (Å²) >= 11 is 9.32. The molecule has 1 aliphatic heterocycles. The van der Waals surface area contributed by atoms with Gasteiger partial charge in [-0.25, -0.2) is 8.78 Å². The fourth-order valence-electron chi connectivity index (χ4n) is 2.34. The van der Waals surface area contributed by atoms with Gasteiger partial charge in [0, 0.05) is 21.7 Å². The van der Waals surface area contributed by atoms with Crippen molar-refractivity contribution in [2.75, 3.05) is 11.4 Å². The van der Waals surface area contributed by atoms with Gasteiger partial charge in [0.05, 0.1) is 12.1 Å². The van der Waals surface area contributed by atoms with E-state index in [9.17, 15) is 13.6 Å². The Labute approximate surface area is 138 Å². The van der Waals surface area contributed by atoms with Gasteiger partial charge in [-0.1, -0.05) is 11.6 Å². The largest absolute Gasteiger partial charge is 0.330 e. The van der Waals surface area contributed by atoms with Crippen LogP contribution in [-0.4, -0.2) is 35.5 Å². The van der Waals surface area contributed by atoms with E-state index in [1.807, 2.05) is 6.07 Å². The van der Waals surface area contributed by atoms with Gasteiger partial charge in [0.2, 0.25) is 11.3 Å². The number of aldehydes is 1. The summed E-state index contributed by atoms with van der Waals surface area (Å²) in [5, 5.41) is 0.816. The second-order valence-electron chi connectivity index (χ2n) is 4.94. The molecule has 1 aromatic heterocycles. The van der Waals surface area contributed by atoms with Crippen LogP contribution in [0.25, 0.3) is 10.9 Å². The smallest absolute Gasteiger partial charge is 0.275 e. The van der Waals surface area contributed by atoms with Crippen LogP contribution in [0.4, 0.5) is 14.5 Å². The number of alkyl halides is 3. The topological polar surface area (TPSA) is 42.4 Å².